The molecule has 4 rings (SSSR count). The summed E-state index contributed by atoms with van der Waals surface area (Å²) >= 11 is 3.47. The minimum Gasteiger partial charge on any atom is -0.332 e. The van der Waals surface area contributed by atoms with Crippen LogP contribution in [0.5, 0.6) is 0 Å². The van der Waals surface area contributed by atoms with Crippen LogP contribution in [0, 0.1) is 13.8 Å². The summed E-state index contributed by atoms with van der Waals surface area (Å²) in [6.45, 7) is 8.10. The third kappa shape index (κ3) is 3.57. The van der Waals surface area contributed by atoms with E-state index in [-0.39, 0.29) is 5.54 Å². The maximum absolute atomic E-state index is 12.6. The van der Waals surface area contributed by atoms with Crippen LogP contribution in [0.4, 0.5) is 0 Å². The number of aryl methyl sites for hydroxylation is 2. The van der Waals surface area contributed by atoms with Crippen LogP contribution in [0.15, 0.2) is 11.7 Å². The van der Waals surface area contributed by atoms with Gasteiger partial charge in [-0.25, -0.2) is 4.98 Å². The van der Waals surface area contributed by atoms with Crippen molar-refractivity contribution in [2.75, 3.05) is 13.1 Å². The van der Waals surface area contributed by atoms with Gasteiger partial charge < -0.3 is 4.90 Å². The maximum atomic E-state index is 12.6. The second kappa shape index (κ2) is 7.37. The molecule has 2 aromatic rings. The van der Waals surface area contributed by atoms with Gasteiger partial charge >= 0.3 is 0 Å². The number of hydrogen-bond donors (Lipinski definition) is 0. The van der Waals surface area contributed by atoms with Gasteiger partial charge in [-0.1, -0.05) is 0 Å². The predicted octanol–water partition coefficient (Wildman–Crippen LogP) is 3.76. The lowest BCUT2D eigenvalue weighted by molar-refractivity contribution is -0.132. The molecule has 5 nitrogen and oxygen atoms in total. The number of hydrogen-bond acceptors (Lipinski definition) is 6. The van der Waals surface area contributed by atoms with Crippen LogP contribution in [-0.4, -0.2) is 44.3 Å². The topological polar surface area (TPSA) is 49.3 Å². The number of amides is 1. The van der Waals surface area contributed by atoms with Crippen molar-refractivity contribution in [1.29, 1.82) is 0 Å². The number of carbonyl (C=O) groups is 1. The Balaban J connectivity index is 1.46. The third-order valence-electron chi connectivity index (χ3n) is 5.85. The van der Waals surface area contributed by atoms with E-state index in [4.69, 9.17) is 0 Å². The van der Waals surface area contributed by atoms with E-state index < -0.39 is 0 Å². The summed E-state index contributed by atoms with van der Waals surface area (Å²) in [6, 6.07) is 0. The highest BCUT2D eigenvalue weighted by atomic mass is 32.1. The van der Waals surface area contributed by atoms with Gasteiger partial charge in [0.2, 0.25) is 5.91 Å². The molecular formula is C19H26N4OS2. The van der Waals surface area contributed by atoms with Crippen LogP contribution < -0.4 is 0 Å². The summed E-state index contributed by atoms with van der Waals surface area (Å²) in [6.07, 6.45) is 6.97. The first-order chi connectivity index (χ1) is 12.6. The number of thiazole rings is 2. The normalized spacial score (nSPS) is 24.5. The molecule has 4 heterocycles. The molecule has 26 heavy (non-hydrogen) atoms. The zero-order valence-electron chi connectivity index (χ0n) is 15.5. The molecule has 2 aliphatic rings. The number of nitrogens with zero attached hydrogens (tertiary/aromatic N) is 4. The highest BCUT2D eigenvalue weighted by Gasteiger charge is 2.45. The van der Waals surface area contributed by atoms with Crippen LogP contribution in [-0.2, 0) is 17.9 Å². The average Bonchev–Trinajstić information content (AvgIpc) is 3.26. The van der Waals surface area contributed by atoms with Crippen molar-refractivity contribution in [3.63, 3.8) is 0 Å². The van der Waals surface area contributed by atoms with E-state index in [2.05, 4.69) is 33.6 Å². The van der Waals surface area contributed by atoms with E-state index in [0.29, 0.717) is 12.3 Å². The molecular weight excluding hydrogens is 364 g/mol. The smallest absolute Gasteiger partial charge is 0.223 e. The van der Waals surface area contributed by atoms with Crippen LogP contribution in [0.2, 0.25) is 0 Å². The molecule has 2 aromatic heterocycles. The Morgan fingerprint density at radius 1 is 1.19 bits per heavy atom. The summed E-state index contributed by atoms with van der Waals surface area (Å²) in [4.78, 5) is 28.7. The van der Waals surface area contributed by atoms with E-state index in [0.717, 1.165) is 56.9 Å². The van der Waals surface area contributed by atoms with Crippen molar-refractivity contribution in [3.8, 4) is 0 Å². The van der Waals surface area contributed by atoms with Crippen molar-refractivity contribution in [2.45, 2.75) is 64.6 Å². The summed E-state index contributed by atoms with van der Waals surface area (Å²) in [7, 11) is 0. The van der Waals surface area contributed by atoms with Gasteiger partial charge in [0.25, 0.3) is 0 Å². The molecule has 1 atom stereocenters. The van der Waals surface area contributed by atoms with E-state index >= 15 is 0 Å². The number of likely N-dealkylation sites (tertiary alicyclic amines) is 2. The first-order valence-corrected chi connectivity index (χ1v) is 11.1. The summed E-state index contributed by atoms with van der Waals surface area (Å²) in [5.74, 6) is 0.320. The van der Waals surface area contributed by atoms with Crippen LogP contribution in [0.25, 0.3) is 0 Å². The van der Waals surface area contributed by atoms with Gasteiger partial charge in [-0.3, -0.25) is 14.7 Å². The lowest BCUT2D eigenvalue weighted by atomic mass is 9.87. The first kappa shape index (κ1) is 18.1. The molecule has 2 aliphatic heterocycles. The molecule has 2 saturated heterocycles. The van der Waals surface area contributed by atoms with Crippen molar-refractivity contribution in [2.24, 2.45) is 0 Å². The van der Waals surface area contributed by atoms with Gasteiger partial charge in [-0.15, -0.1) is 22.7 Å². The molecule has 7 heteroatoms. The molecule has 0 unspecified atom stereocenters. The second-order valence-corrected chi connectivity index (χ2v) is 9.80. The zero-order chi connectivity index (χ0) is 18.1. The van der Waals surface area contributed by atoms with Crippen molar-refractivity contribution < 1.29 is 4.79 Å². The quantitative estimate of drug-likeness (QED) is 0.797. The van der Waals surface area contributed by atoms with E-state index in [1.54, 1.807) is 11.3 Å². The van der Waals surface area contributed by atoms with Gasteiger partial charge in [-0.2, -0.15) is 0 Å². The van der Waals surface area contributed by atoms with E-state index in [1.165, 1.54) is 15.4 Å². The van der Waals surface area contributed by atoms with Gasteiger partial charge in [0.15, 0.2) is 0 Å². The monoisotopic (exact) mass is 390 g/mol. The maximum Gasteiger partial charge on any atom is 0.223 e. The van der Waals surface area contributed by atoms with Gasteiger partial charge in [0.1, 0.15) is 0 Å². The van der Waals surface area contributed by atoms with Crippen molar-refractivity contribution in [1.82, 2.24) is 19.8 Å². The first-order valence-electron chi connectivity index (χ1n) is 9.39. The molecule has 0 N–H and O–H groups in total. The predicted molar refractivity (Wildman–Crippen MR) is 105 cm³/mol. The Morgan fingerprint density at radius 3 is 2.81 bits per heavy atom. The van der Waals surface area contributed by atoms with Crippen LogP contribution >= 0.6 is 22.7 Å². The zero-order valence-corrected chi connectivity index (χ0v) is 17.2. The lowest BCUT2D eigenvalue weighted by Crippen LogP contribution is -2.45. The SMILES string of the molecule is Cc1nc(C)c(CN2CCC[C@]3(CCC(=O)N3Cc3cncs3)CC2)s1. The number of rotatable bonds is 4. The van der Waals surface area contributed by atoms with Crippen LogP contribution in [0.1, 0.15) is 52.6 Å². The molecule has 0 aromatic carbocycles. The van der Waals surface area contributed by atoms with Crippen LogP contribution in [0.3, 0.4) is 0 Å². The Kier molecular flexibility index (Phi) is 5.12. The molecule has 0 aliphatic carbocycles. The second-order valence-electron chi connectivity index (χ2n) is 7.54. The molecule has 0 saturated carbocycles. The van der Waals surface area contributed by atoms with Crippen molar-refractivity contribution >= 4 is 28.6 Å². The summed E-state index contributed by atoms with van der Waals surface area (Å²) < 4.78 is 0. The minimum atomic E-state index is 0.0501. The highest BCUT2D eigenvalue weighted by molar-refractivity contribution is 7.11. The fourth-order valence-corrected chi connectivity index (χ4v) is 6.00. The van der Waals surface area contributed by atoms with Crippen molar-refractivity contribution in [3.05, 3.63) is 32.2 Å². The minimum absolute atomic E-state index is 0.0501. The fraction of sp³-hybridized carbons (Fsp3) is 0.632. The van der Waals surface area contributed by atoms with E-state index in [1.807, 2.05) is 23.0 Å². The van der Waals surface area contributed by atoms with Gasteiger partial charge in [0, 0.05) is 41.0 Å². The lowest BCUT2D eigenvalue weighted by Gasteiger charge is -2.38. The Morgan fingerprint density at radius 2 is 2.08 bits per heavy atom. The fourth-order valence-electron chi connectivity index (χ4n) is 4.44. The Bertz CT molecular complexity index is 773. The Hall–Kier alpha value is -1.31. The number of aromatic nitrogens is 2. The molecule has 2 fully saturated rings. The standard InChI is InChI=1S/C19H26N4OS2/c1-14-17(26-15(2)21-14)12-22-8-3-5-19(7-9-22)6-4-18(24)23(19)11-16-10-20-13-25-16/h10,13H,3-9,11-12H2,1-2H3/t19-/m0/s1. The molecule has 0 radical (unpaired) electrons. The average molecular weight is 391 g/mol. The van der Waals surface area contributed by atoms with Gasteiger partial charge in [0.05, 0.1) is 22.8 Å². The molecule has 1 spiro atoms. The molecule has 0 bridgehead atoms. The third-order valence-corrected chi connectivity index (χ3v) is 7.67. The summed E-state index contributed by atoms with van der Waals surface area (Å²) in [5.41, 5.74) is 3.08. The molecule has 1 amide bonds. The highest BCUT2D eigenvalue weighted by Crippen LogP contribution is 2.40. The van der Waals surface area contributed by atoms with E-state index in [9.17, 15) is 4.79 Å². The molecule has 140 valence electrons. The largest absolute Gasteiger partial charge is 0.332 e. The number of carbonyl (C=O) groups excluding carboxylic acids is 1. The van der Waals surface area contributed by atoms with Gasteiger partial charge in [-0.05, 0) is 46.1 Å². The Labute approximate surface area is 163 Å². The summed E-state index contributed by atoms with van der Waals surface area (Å²) in [5, 5.41) is 1.15.